The summed E-state index contributed by atoms with van der Waals surface area (Å²) in [5.74, 6) is -1.10. The fraction of sp³-hybridized carbons (Fsp3) is 0.385. The number of hydrogen-bond acceptors (Lipinski definition) is 3. The summed E-state index contributed by atoms with van der Waals surface area (Å²) in [6.07, 6.45) is -2.54. The molecule has 8 heteroatoms. The lowest BCUT2D eigenvalue weighted by Gasteiger charge is -2.11. The highest BCUT2D eigenvalue weighted by atomic mass is 19.3. The number of aromatic carboxylic acids is 1. The number of hydrogen-bond donors (Lipinski definition) is 3. The monoisotopic (exact) mass is 302 g/mol. The van der Waals surface area contributed by atoms with Gasteiger partial charge in [0, 0.05) is 12.2 Å². The van der Waals surface area contributed by atoms with Crippen LogP contribution in [0.5, 0.6) is 0 Å². The second-order valence-electron chi connectivity index (χ2n) is 4.18. The quantitative estimate of drug-likeness (QED) is 0.673. The summed E-state index contributed by atoms with van der Waals surface area (Å²) in [7, 11) is 0. The number of amides is 2. The average Bonchev–Trinajstić information content (AvgIpc) is 2.40. The van der Waals surface area contributed by atoms with Gasteiger partial charge in [-0.25, -0.2) is 18.4 Å². The van der Waals surface area contributed by atoms with Gasteiger partial charge in [-0.05, 0) is 24.6 Å². The third-order valence-corrected chi connectivity index (χ3v) is 2.51. The number of rotatable bonds is 7. The number of ether oxygens (including phenoxy) is 1. The van der Waals surface area contributed by atoms with Crippen LogP contribution in [0, 0.1) is 6.92 Å². The number of benzene rings is 1. The van der Waals surface area contributed by atoms with Gasteiger partial charge < -0.3 is 20.5 Å². The van der Waals surface area contributed by atoms with Crippen LogP contribution in [0.25, 0.3) is 0 Å². The SMILES string of the molecule is Cc1ccc(C(=O)O)cc1NC(=O)NCCOCC(F)F. The number of nitrogens with one attached hydrogen (secondary N) is 2. The number of anilines is 1. The number of carbonyl (C=O) groups is 2. The standard InChI is InChI=1S/C13H16F2N2O4/c1-8-2-3-9(12(18)19)6-10(8)17-13(20)16-4-5-21-7-11(14)15/h2-3,6,11H,4-5,7H2,1H3,(H,18,19)(H2,16,17,20). The number of carboxylic acid groups (broad SMARTS) is 1. The van der Waals surface area contributed by atoms with Crippen molar-refractivity contribution in [3.63, 3.8) is 0 Å². The molecule has 1 aromatic rings. The molecule has 0 saturated heterocycles. The molecule has 0 spiro atoms. The molecule has 0 unspecified atom stereocenters. The van der Waals surface area contributed by atoms with Gasteiger partial charge in [0.15, 0.2) is 0 Å². The van der Waals surface area contributed by atoms with Crippen molar-refractivity contribution in [1.29, 1.82) is 0 Å². The predicted molar refractivity (Wildman–Crippen MR) is 72.0 cm³/mol. The Morgan fingerprint density at radius 1 is 1.38 bits per heavy atom. The Morgan fingerprint density at radius 2 is 2.10 bits per heavy atom. The molecule has 0 aromatic heterocycles. The predicted octanol–water partition coefficient (Wildman–Crippen LogP) is 2.10. The molecule has 0 aliphatic heterocycles. The molecule has 0 aliphatic rings. The molecular weight excluding hydrogens is 286 g/mol. The zero-order valence-electron chi connectivity index (χ0n) is 11.4. The molecular formula is C13H16F2N2O4. The minimum Gasteiger partial charge on any atom is -0.478 e. The van der Waals surface area contributed by atoms with E-state index in [1.807, 2.05) is 0 Å². The summed E-state index contributed by atoms with van der Waals surface area (Å²) in [5.41, 5.74) is 1.11. The normalized spacial score (nSPS) is 10.5. The van der Waals surface area contributed by atoms with Gasteiger partial charge in [0.1, 0.15) is 6.61 Å². The van der Waals surface area contributed by atoms with Crippen LogP contribution >= 0.6 is 0 Å². The Labute approximate surface area is 120 Å². The first-order valence-corrected chi connectivity index (χ1v) is 6.15. The summed E-state index contributed by atoms with van der Waals surface area (Å²) in [6.45, 7) is 1.07. The van der Waals surface area contributed by atoms with E-state index < -0.39 is 25.0 Å². The van der Waals surface area contributed by atoms with Crippen LogP contribution in [0.15, 0.2) is 18.2 Å². The Bertz CT molecular complexity index is 509. The van der Waals surface area contributed by atoms with Crippen molar-refractivity contribution >= 4 is 17.7 Å². The highest BCUT2D eigenvalue weighted by Crippen LogP contribution is 2.16. The van der Waals surface area contributed by atoms with Gasteiger partial charge in [0.05, 0.1) is 12.2 Å². The maximum absolute atomic E-state index is 11.8. The van der Waals surface area contributed by atoms with Crippen molar-refractivity contribution in [2.24, 2.45) is 0 Å². The van der Waals surface area contributed by atoms with Crippen LogP contribution < -0.4 is 10.6 Å². The van der Waals surface area contributed by atoms with Crippen LogP contribution in [0.2, 0.25) is 0 Å². The number of urea groups is 1. The summed E-state index contributed by atoms with van der Waals surface area (Å²) in [6, 6.07) is 3.77. The molecule has 1 rings (SSSR count). The Kier molecular flexibility index (Phi) is 6.54. The number of alkyl halides is 2. The van der Waals surface area contributed by atoms with Crippen LogP contribution in [-0.2, 0) is 4.74 Å². The van der Waals surface area contributed by atoms with Gasteiger partial charge in [-0.3, -0.25) is 0 Å². The molecule has 1 aromatic carbocycles. The molecule has 2 amide bonds. The second-order valence-corrected chi connectivity index (χ2v) is 4.18. The highest BCUT2D eigenvalue weighted by molar-refractivity contribution is 5.93. The van der Waals surface area contributed by atoms with Gasteiger partial charge in [0.2, 0.25) is 0 Å². The topological polar surface area (TPSA) is 87.7 Å². The lowest BCUT2D eigenvalue weighted by molar-refractivity contribution is 0.0194. The van der Waals surface area contributed by atoms with E-state index in [1.54, 1.807) is 13.0 Å². The number of carboxylic acids is 1. The maximum atomic E-state index is 11.8. The van der Waals surface area contributed by atoms with E-state index in [-0.39, 0.29) is 18.7 Å². The molecule has 0 aliphatic carbocycles. The van der Waals surface area contributed by atoms with E-state index in [0.717, 1.165) is 0 Å². The molecule has 0 atom stereocenters. The third-order valence-electron chi connectivity index (χ3n) is 2.51. The van der Waals surface area contributed by atoms with Crippen LogP contribution in [-0.4, -0.2) is 43.3 Å². The first-order valence-electron chi connectivity index (χ1n) is 6.15. The van der Waals surface area contributed by atoms with Crippen molar-refractivity contribution in [3.05, 3.63) is 29.3 Å². The van der Waals surface area contributed by atoms with Crippen molar-refractivity contribution in [2.45, 2.75) is 13.3 Å². The van der Waals surface area contributed by atoms with Crippen LogP contribution in [0.3, 0.4) is 0 Å². The van der Waals surface area contributed by atoms with Gasteiger partial charge in [-0.2, -0.15) is 0 Å². The zero-order valence-corrected chi connectivity index (χ0v) is 11.4. The molecule has 116 valence electrons. The van der Waals surface area contributed by atoms with Gasteiger partial charge >= 0.3 is 12.0 Å². The van der Waals surface area contributed by atoms with Crippen molar-refractivity contribution in [2.75, 3.05) is 25.1 Å². The smallest absolute Gasteiger partial charge is 0.335 e. The molecule has 0 fully saturated rings. The molecule has 0 heterocycles. The zero-order chi connectivity index (χ0) is 15.8. The Hall–Kier alpha value is -2.22. The first-order chi connectivity index (χ1) is 9.90. The molecule has 3 N–H and O–H groups in total. The molecule has 0 saturated carbocycles. The molecule has 21 heavy (non-hydrogen) atoms. The Morgan fingerprint density at radius 3 is 2.71 bits per heavy atom. The summed E-state index contributed by atoms with van der Waals surface area (Å²) in [4.78, 5) is 22.4. The lowest BCUT2D eigenvalue weighted by atomic mass is 10.1. The van der Waals surface area contributed by atoms with Gasteiger partial charge in [-0.1, -0.05) is 6.07 Å². The van der Waals surface area contributed by atoms with E-state index in [1.165, 1.54) is 12.1 Å². The van der Waals surface area contributed by atoms with E-state index in [9.17, 15) is 18.4 Å². The van der Waals surface area contributed by atoms with E-state index >= 15 is 0 Å². The van der Waals surface area contributed by atoms with Crippen LogP contribution in [0.4, 0.5) is 19.3 Å². The van der Waals surface area contributed by atoms with E-state index in [2.05, 4.69) is 15.4 Å². The molecule has 0 bridgehead atoms. The fourth-order valence-electron chi connectivity index (χ4n) is 1.47. The minimum atomic E-state index is -2.54. The second kappa shape index (κ2) is 8.15. The van der Waals surface area contributed by atoms with E-state index in [0.29, 0.717) is 11.3 Å². The number of carbonyl (C=O) groups excluding carboxylic acids is 1. The largest absolute Gasteiger partial charge is 0.478 e. The maximum Gasteiger partial charge on any atom is 0.335 e. The summed E-state index contributed by atoms with van der Waals surface area (Å²) in [5, 5.41) is 13.8. The van der Waals surface area contributed by atoms with Crippen molar-refractivity contribution in [3.8, 4) is 0 Å². The Balaban J connectivity index is 2.44. The third kappa shape index (κ3) is 6.17. The van der Waals surface area contributed by atoms with Crippen molar-refractivity contribution < 1.29 is 28.2 Å². The fourth-order valence-corrected chi connectivity index (χ4v) is 1.47. The summed E-state index contributed by atoms with van der Waals surface area (Å²) >= 11 is 0. The lowest BCUT2D eigenvalue weighted by Crippen LogP contribution is -2.32. The van der Waals surface area contributed by atoms with E-state index in [4.69, 9.17) is 5.11 Å². The average molecular weight is 302 g/mol. The molecule has 6 nitrogen and oxygen atoms in total. The number of halogens is 2. The molecule has 0 radical (unpaired) electrons. The minimum absolute atomic E-state index is 0.0358. The highest BCUT2D eigenvalue weighted by Gasteiger charge is 2.09. The van der Waals surface area contributed by atoms with Crippen molar-refractivity contribution in [1.82, 2.24) is 5.32 Å². The van der Waals surface area contributed by atoms with Gasteiger partial charge in [0.25, 0.3) is 6.43 Å². The first kappa shape index (κ1) is 16.8. The number of aryl methyl sites for hydroxylation is 1. The van der Waals surface area contributed by atoms with Gasteiger partial charge in [-0.15, -0.1) is 0 Å². The van der Waals surface area contributed by atoms with Crippen LogP contribution in [0.1, 0.15) is 15.9 Å². The summed E-state index contributed by atoms with van der Waals surface area (Å²) < 4.78 is 28.2.